The summed E-state index contributed by atoms with van der Waals surface area (Å²) in [6.07, 6.45) is 1.44. The number of ether oxygens (including phenoxy) is 1. The number of aromatic nitrogens is 2. The Morgan fingerprint density at radius 2 is 2.05 bits per heavy atom. The molecule has 3 N–H and O–H groups in total. The van der Waals surface area contributed by atoms with E-state index in [2.05, 4.69) is 21.7 Å². The minimum Gasteiger partial charge on any atom is -0.408 e. The summed E-state index contributed by atoms with van der Waals surface area (Å²) >= 11 is 0. The molecule has 1 saturated heterocycles. The highest BCUT2D eigenvalue weighted by atomic mass is 16.5. The van der Waals surface area contributed by atoms with Crippen LogP contribution in [-0.2, 0) is 29.4 Å². The van der Waals surface area contributed by atoms with Crippen molar-refractivity contribution in [1.29, 1.82) is 5.26 Å². The van der Waals surface area contributed by atoms with E-state index in [1.165, 1.54) is 4.57 Å². The van der Waals surface area contributed by atoms with Crippen molar-refractivity contribution in [3.05, 3.63) is 88.7 Å². The monoisotopic (exact) mass is 527 g/mol. The van der Waals surface area contributed by atoms with Crippen molar-refractivity contribution in [2.24, 2.45) is 7.05 Å². The number of hydrogen-bond acceptors (Lipinski definition) is 8. The Labute approximate surface area is 224 Å². The number of nitrogens with zero attached hydrogens (tertiary/aromatic N) is 3. The van der Waals surface area contributed by atoms with Crippen LogP contribution in [0.5, 0.6) is 0 Å². The molecular formula is C29H29N5O5. The van der Waals surface area contributed by atoms with Crippen molar-refractivity contribution >= 4 is 17.0 Å². The first-order chi connectivity index (χ1) is 18.8. The lowest BCUT2D eigenvalue weighted by Gasteiger charge is -2.25. The number of fused-ring (bicyclic) bond motifs is 1. The Balaban J connectivity index is 1.18. The van der Waals surface area contributed by atoms with Crippen molar-refractivity contribution in [3.63, 3.8) is 0 Å². The van der Waals surface area contributed by atoms with Gasteiger partial charge < -0.3 is 24.9 Å². The Morgan fingerprint density at radius 1 is 1.26 bits per heavy atom. The fraction of sp³-hybridized carbons (Fsp3) is 0.310. The van der Waals surface area contributed by atoms with Crippen LogP contribution in [-0.4, -0.2) is 58.0 Å². The SMILES string of the molecule is Cn1c(=O)oc2ccc(-c3ccc(C[C@@H](C#N)NC(=O)[C@@H]4CNCC(O)(Cc5ccccn5)CO4)cc3)cc21. The smallest absolute Gasteiger partial charge is 0.408 e. The van der Waals surface area contributed by atoms with E-state index < -0.39 is 29.4 Å². The van der Waals surface area contributed by atoms with Crippen molar-refractivity contribution in [3.8, 4) is 17.2 Å². The number of aryl methyl sites for hydroxylation is 1. The summed E-state index contributed by atoms with van der Waals surface area (Å²) in [6.45, 7) is 0.438. The average Bonchev–Trinajstić information content (AvgIpc) is 3.09. The summed E-state index contributed by atoms with van der Waals surface area (Å²) in [5.74, 6) is -0.820. The van der Waals surface area contributed by atoms with Crippen LogP contribution in [0.1, 0.15) is 11.3 Å². The Hall–Kier alpha value is -4.30. The molecule has 0 radical (unpaired) electrons. The number of aliphatic hydroxyl groups is 1. The van der Waals surface area contributed by atoms with Crippen LogP contribution < -0.4 is 16.4 Å². The number of nitriles is 1. The number of hydrogen-bond donors (Lipinski definition) is 3. The summed E-state index contributed by atoms with van der Waals surface area (Å²) in [5.41, 5.74) is 3.53. The van der Waals surface area contributed by atoms with E-state index in [0.717, 1.165) is 22.4 Å². The van der Waals surface area contributed by atoms with Crippen LogP contribution in [0.4, 0.5) is 0 Å². The third kappa shape index (κ3) is 6.07. The number of oxazole rings is 1. The van der Waals surface area contributed by atoms with Crippen molar-refractivity contribution in [2.75, 3.05) is 19.7 Å². The first kappa shape index (κ1) is 26.3. The van der Waals surface area contributed by atoms with Gasteiger partial charge in [0.2, 0.25) is 0 Å². The maximum absolute atomic E-state index is 12.9. The van der Waals surface area contributed by atoms with Gasteiger partial charge in [-0.2, -0.15) is 5.26 Å². The summed E-state index contributed by atoms with van der Waals surface area (Å²) in [7, 11) is 1.66. The molecule has 200 valence electrons. The van der Waals surface area contributed by atoms with Crippen LogP contribution in [0.2, 0.25) is 0 Å². The van der Waals surface area contributed by atoms with Gasteiger partial charge >= 0.3 is 5.76 Å². The van der Waals surface area contributed by atoms with Crippen LogP contribution in [0.25, 0.3) is 22.2 Å². The maximum atomic E-state index is 12.9. The Kier molecular flexibility index (Phi) is 7.56. The number of carbonyl (C=O) groups excluding carboxylic acids is 1. The Morgan fingerprint density at radius 3 is 2.79 bits per heavy atom. The molecule has 1 aliphatic rings. The van der Waals surface area contributed by atoms with Gasteiger partial charge in [-0.15, -0.1) is 0 Å². The quantitative estimate of drug-likeness (QED) is 0.330. The fourth-order valence-electron chi connectivity index (χ4n) is 4.69. The van der Waals surface area contributed by atoms with E-state index in [9.17, 15) is 20.0 Å². The van der Waals surface area contributed by atoms with E-state index in [-0.39, 0.29) is 19.7 Å². The summed E-state index contributed by atoms with van der Waals surface area (Å²) < 4.78 is 12.4. The van der Waals surface area contributed by atoms with E-state index in [0.29, 0.717) is 23.9 Å². The maximum Gasteiger partial charge on any atom is 0.419 e. The molecule has 5 rings (SSSR count). The van der Waals surface area contributed by atoms with Crippen molar-refractivity contribution in [2.45, 2.75) is 30.6 Å². The molecule has 0 aliphatic carbocycles. The second-order valence-corrected chi connectivity index (χ2v) is 9.85. The van der Waals surface area contributed by atoms with Gasteiger partial charge in [-0.1, -0.05) is 36.4 Å². The second kappa shape index (κ2) is 11.2. The van der Waals surface area contributed by atoms with Gasteiger partial charge in [0.1, 0.15) is 17.7 Å². The molecule has 4 aromatic rings. The molecule has 3 atom stereocenters. The van der Waals surface area contributed by atoms with Gasteiger partial charge in [-0.05, 0) is 41.0 Å². The molecule has 2 aromatic heterocycles. The second-order valence-electron chi connectivity index (χ2n) is 9.85. The molecular weight excluding hydrogens is 498 g/mol. The number of β-amino-alcohol motifs (C(OH)–C–C–N with tert-alkyl or cyclic N) is 1. The highest BCUT2D eigenvalue weighted by molar-refractivity contribution is 5.82. The van der Waals surface area contributed by atoms with Crippen LogP contribution in [0.15, 0.2) is 76.1 Å². The molecule has 1 fully saturated rings. The first-order valence-electron chi connectivity index (χ1n) is 12.7. The third-order valence-electron chi connectivity index (χ3n) is 6.86. The lowest BCUT2D eigenvalue weighted by Crippen LogP contribution is -2.46. The fourth-order valence-corrected chi connectivity index (χ4v) is 4.69. The minimum atomic E-state index is -1.20. The molecule has 2 aromatic carbocycles. The standard InChI is InChI=1S/C29H29N5O5/c1-34-24-13-21(9-10-25(24)39-28(34)36)20-7-5-19(6-8-20)12-23(15-30)33-27(35)26-16-31-17-29(37,18-38-26)14-22-4-2-3-11-32-22/h2-11,13,23,26,31,37H,12,14,16-18H2,1H3,(H,33,35)/t23-,26-,29?/m0/s1. The normalized spacial score (nSPS) is 20.2. The molecule has 10 nitrogen and oxygen atoms in total. The Bertz CT molecular complexity index is 1560. The van der Waals surface area contributed by atoms with Gasteiger partial charge in [-0.25, -0.2) is 4.79 Å². The lowest BCUT2D eigenvalue weighted by molar-refractivity contribution is -0.135. The number of amides is 1. The van der Waals surface area contributed by atoms with Crippen molar-refractivity contribution in [1.82, 2.24) is 20.2 Å². The van der Waals surface area contributed by atoms with Gasteiger partial charge in [0.05, 0.1) is 18.2 Å². The molecule has 10 heteroatoms. The number of rotatable bonds is 7. The van der Waals surface area contributed by atoms with E-state index >= 15 is 0 Å². The highest BCUT2D eigenvalue weighted by Gasteiger charge is 2.35. The summed E-state index contributed by atoms with van der Waals surface area (Å²) in [4.78, 5) is 28.9. The van der Waals surface area contributed by atoms with Crippen LogP contribution in [0, 0.1) is 11.3 Å². The molecule has 1 amide bonds. The van der Waals surface area contributed by atoms with Crippen LogP contribution >= 0.6 is 0 Å². The molecule has 0 spiro atoms. The van der Waals surface area contributed by atoms with E-state index in [1.54, 1.807) is 19.3 Å². The summed E-state index contributed by atoms with van der Waals surface area (Å²) in [5, 5.41) is 26.5. The minimum absolute atomic E-state index is 0.0356. The molecule has 0 saturated carbocycles. The zero-order valence-corrected chi connectivity index (χ0v) is 21.5. The zero-order chi connectivity index (χ0) is 27.4. The zero-order valence-electron chi connectivity index (χ0n) is 21.5. The molecule has 39 heavy (non-hydrogen) atoms. The highest BCUT2D eigenvalue weighted by Crippen LogP contribution is 2.24. The third-order valence-corrected chi connectivity index (χ3v) is 6.86. The largest absolute Gasteiger partial charge is 0.419 e. The van der Waals surface area contributed by atoms with E-state index in [4.69, 9.17) is 9.15 Å². The summed E-state index contributed by atoms with van der Waals surface area (Å²) in [6, 6.07) is 20.1. The lowest BCUT2D eigenvalue weighted by atomic mass is 9.98. The van der Waals surface area contributed by atoms with Gasteiger partial charge in [0, 0.05) is 44.9 Å². The first-order valence-corrected chi connectivity index (χ1v) is 12.7. The molecule has 3 heterocycles. The van der Waals surface area contributed by atoms with Crippen LogP contribution in [0.3, 0.4) is 0 Å². The van der Waals surface area contributed by atoms with Crippen molar-refractivity contribution < 1.29 is 19.1 Å². The van der Waals surface area contributed by atoms with Gasteiger partial charge in [0.25, 0.3) is 5.91 Å². The topological polar surface area (TPSA) is 142 Å². The molecule has 1 unspecified atom stereocenters. The molecule has 0 bridgehead atoms. The predicted octanol–water partition coefficient (Wildman–Crippen LogP) is 1.71. The molecule has 1 aliphatic heterocycles. The number of nitrogens with one attached hydrogen (secondary N) is 2. The van der Waals surface area contributed by atoms with Gasteiger partial charge in [-0.3, -0.25) is 14.3 Å². The van der Waals surface area contributed by atoms with Gasteiger partial charge in [0.15, 0.2) is 5.58 Å². The number of carbonyl (C=O) groups is 1. The average molecular weight is 528 g/mol. The predicted molar refractivity (Wildman–Crippen MR) is 144 cm³/mol. The number of benzene rings is 2. The van der Waals surface area contributed by atoms with E-state index in [1.807, 2.05) is 54.6 Å². The number of pyridine rings is 1.